The van der Waals surface area contributed by atoms with Crippen molar-refractivity contribution >= 4 is 11.6 Å². The summed E-state index contributed by atoms with van der Waals surface area (Å²) in [5.74, 6) is 2.25. The minimum Gasteiger partial charge on any atom is -0.497 e. The van der Waals surface area contributed by atoms with Crippen molar-refractivity contribution in [1.82, 2.24) is 5.32 Å². The van der Waals surface area contributed by atoms with E-state index < -0.39 is 0 Å². The first kappa shape index (κ1) is 23.0. The third kappa shape index (κ3) is 6.91. The zero-order valence-electron chi connectivity index (χ0n) is 18.4. The predicted octanol–water partition coefficient (Wildman–Crippen LogP) is 5.97. The van der Waals surface area contributed by atoms with Crippen LogP contribution in [-0.2, 0) is 19.6 Å². The molecule has 0 aliphatic carbocycles. The maximum atomic E-state index is 6.55. The fourth-order valence-corrected chi connectivity index (χ4v) is 3.53. The summed E-state index contributed by atoms with van der Waals surface area (Å²) in [7, 11) is 1.68. The van der Waals surface area contributed by atoms with Gasteiger partial charge in [0.05, 0.1) is 13.7 Å². The van der Waals surface area contributed by atoms with Crippen molar-refractivity contribution < 1.29 is 14.2 Å². The number of rotatable bonds is 11. The summed E-state index contributed by atoms with van der Waals surface area (Å²) in [6, 6.07) is 20.2. The Morgan fingerprint density at radius 1 is 0.903 bits per heavy atom. The van der Waals surface area contributed by atoms with Crippen LogP contribution in [0.4, 0.5) is 0 Å². The SMILES string of the molecule is CCOc1cc(CNCCc2ccc(OC)cc2)c(Cl)cc1OCc1cccc(C)c1. The van der Waals surface area contributed by atoms with Gasteiger partial charge in [-0.1, -0.05) is 53.6 Å². The minimum absolute atomic E-state index is 0.470. The van der Waals surface area contributed by atoms with Gasteiger partial charge in [-0.2, -0.15) is 0 Å². The normalized spacial score (nSPS) is 10.7. The molecule has 0 saturated heterocycles. The van der Waals surface area contributed by atoms with Crippen LogP contribution in [0.2, 0.25) is 5.02 Å². The molecular weight excluding hydrogens is 410 g/mol. The Bertz CT molecular complexity index is 973. The van der Waals surface area contributed by atoms with E-state index >= 15 is 0 Å². The van der Waals surface area contributed by atoms with Gasteiger partial charge in [0.25, 0.3) is 0 Å². The molecule has 4 nitrogen and oxygen atoms in total. The van der Waals surface area contributed by atoms with Crippen molar-refractivity contribution in [2.45, 2.75) is 33.4 Å². The highest BCUT2D eigenvalue weighted by Gasteiger charge is 2.12. The number of hydrogen-bond donors (Lipinski definition) is 1. The molecular formula is C26H30ClNO3. The molecule has 0 amide bonds. The monoisotopic (exact) mass is 439 g/mol. The van der Waals surface area contributed by atoms with Crippen molar-refractivity contribution in [2.75, 3.05) is 20.3 Å². The first-order valence-corrected chi connectivity index (χ1v) is 10.9. The Labute approximate surface area is 190 Å². The molecule has 3 aromatic rings. The molecule has 0 unspecified atom stereocenters. The van der Waals surface area contributed by atoms with E-state index in [0.717, 1.165) is 29.8 Å². The lowest BCUT2D eigenvalue weighted by Crippen LogP contribution is -2.17. The second-order valence-electron chi connectivity index (χ2n) is 7.38. The second kappa shape index (κ2) is 11.6. The van der Waals surface area contributed by atoms with Crippen LogP contribution in [0.15, 0.2) is 60.7 Å². The van der Waals surface area contributed by atoms with Crippen LogP contribution in [0.25, 0.3) is 0 Å². The summed E-state index contributed by atoms with van der Waals surface area (Å²) in [5, 5.41) is 4.13. The predicted molar refractivity (Wildman–Crippen MR) is 127 cm³/mol. The van der Waals surface area contributed by atoms with Crippen molar-refractivity contribution in [3.63, 3.8) is 0 Å². The average Bonchev–Trinajstić information content (AvgIpc) is 2.78. The van der Waals surface area contributed by atoms with Gasteiger partial charge in [0, 0.05) is 17.6 Å². The number of nitrogens with one attached hydrogen (secondary N) is 1. The highest BCUT2D eigenvalue weighted by atomic mass is 35.5. The summed E-state index contributed by atoms with van der Waals surface area (Å²) in [6.07, 6.45) is 0.928. The van der Waals surface area contributed by atoms with E-state index in [1.165, 1.54) is 11.1 Å². The molecule has 0 radical (unpaired) electrons. The molecule has 0 spiro atoms. The van der Waals surface area contributed by atoms with Crippen molar-refractivity contribution in [2.24, 2.45) is 0 Å². The highest BCUT2D eigenvalue weighted by Crippen LogP contribution is 2.34. The number of ether oxygens (including phenoxy) is 3. The van der Waals surface area contributed by atoms with Gasteiger partial charge in [0.1, 0.15) is 12.4 Å². The Morgan fingerprint density at radius 3 is 2.39 bits per heavy atom. The fraction of sp³-hybridized carbons (Fsp3) is 0.308. The lowest BCUT2D eigenvalue weighted by molar-refractivity contribution is 0.269. The van der Waals surface area contributed by atoms with Gasteiger partial charge in [-0.3, -0.25) is 0 Å². The van der Waals surface area contributed by atoms with E-state index in [4.69, 9.17) is 25.8 Å². The van der Waals surface area contributed by atoms with Crippen molar-refractivity contribution in [3.8, 4) is 17.2 Å². The van der Waals surface area contributed by atoms with Crippen LogP contribution in [-0.4, -0.2) is 20.3 Å². The van der Waals surface area contributed by atoms with Crippen LogP contribution in [0, 0.1) is 6.92 Å². The van der Waals surface area contributed by atoms with Crippen LogP contribution >= 0.6 is 11.6 Å². The topological polar surface area (TPSA) is 39.7 Å². The molecule has 1 N–H and O–H groups in total. The standard InChI is InChI=1S/C26H30ClNO3/c1-4-30-25-15-22(17-28-13-12-20-8-10-23(29-3)11-9-20)24(27)16-26(25)31-18-21-7-5-6-19(2)14-21/h5-11,14-16,28H,4,12-13,17-18H2,1-3H3. The average molecular weight is 440 g/mol. The van der Waals surface area contributed by atoms with Gasteiger partial charge in [-0.15, -0.1) is 0 Å². The lowest BCUT2D eigenvalue weighted by Gasteiger charge is -2.15. The van der Waals surface area contributed by atoms with Gasteiger partial charge in [0.2, 0.25) is 0 Å². The molecule has 0 aliphatic rings. The first-order chi connectivity index (χ1) is 15.1. The highest BCUT2D eigenvalue weighted by molar-refractivity contribution is 6.31. The smallest absolute Gasteiger partial charge is 0.163 e. The van der Waals surface area contributed by atoms with Crippen molar-refractivity contribution in [1.29, 1.82) is 0 Å². The largest absolute Gasteiger partial charge is 0.497 e. The Kier molecular flexibility index (Phi) is 8.63. The number of aryl methyl sites for hydroxylation is 1. The first-order valence-electron chi connectivity index (χ1n) is 10.6. The van der Waals surface area contributed by atoms with Gasteiger partial charge in [-0.25, -0.2) is 0 Å². The molecule has 3 rings (SSSR count). The zero-order valence-corrected chi connectivity index (χ0v) is 19.2. The third-order valence-corrected chi connectivity index (χ3v) is 5.31. The van der Waals surface area contributed by atoms with Gasteiger partial charge in [-0.05, 0) is 61.7 Å². The van der Waals surface area contributed by atoms with E-state index in [2.05, 4.69) is 42.6 Å². The molecule has 0 aromatic heterocycles. The molecule has 5 heteroatoms. The molecule has 0 bridgehead atoms. The molecule has 0 saturated carbocycles. The molecule has 0 heterocycles. The fourth-order valence-electron chi connectivity index (χ4n) is 3.30. The zero-order chi connectivity index (χ0) is 22.1. The summed E-state index contributed by atoms with van der Waals surface area (Å²) >= 11 is 6.55. The quantitative estimate of drug-likeness (QED) is 0.374. The summed E-state index contributed by atoms with van der Waals surface area (Å²) < 4.78 is 17.0. The lowest BCUT2D eigenvalue weighted by atomic mass is 10.1. The summed E-state index contributed by atoms with van der Waals surface area (Å²) in [4.78, 5) is 0. The number of hydrogen-bond acceptors (Lipinski definition) is 4. The van der Waals surface area contributed by atoms with E-state index in [-0.39, 0.29) is 0 Å². The Balaban J connectivity index is 1.59. The minimum atomic E-state index is 0.470. The Hall–Kier alpha value is -2.69. The van der Waals surface area contributed by atoms with Crippen LogP contribution in [0.5, 0.6) is 17.2 Å². The molecule has 0 fully saturated rings. The molecule has 0 atom stereocenters. The summed E-state index contributed by atoms with van der Waals surface area (Å²) in [6.45, 7) is 6.57. The van der Waals surface area contributed by atoms with Gasteiger partial charge < -0.3 is 19.5 Å². The maximum Gasteiger partial charge on any atom is 0.163 e. The van der Waals surface area contributed by atoms with Crippen LogP contribution in [0.3, 0.4) is 0 Å². The number of benzene rings is 3. The van der Waals surface area contributed by atoms with Crippen LogP contribution < -0.4 is 19.5 Å². The van der Waals surface area contributed by atoms with Gasteiger partial charge in [0.15, 0.2) is 11.5 Å². The number of halogens is 1. The van der Waals surface area contributed by atoms with E-state index in [1.807, 2.05) is 37.3 Å². The summed E-state index contributed by atoms with van der Waals surface area (Å²) in [5.41, 5.74) is 4.57. The van der Waals surface area contributed by atoms with E-state index in [9.17, 15) is 0 Å². The molecule has 31 heavy (non-hydrogen) atoms. The second-order valence-corrected chi connectivity index (χ2v) is 7.78. The molecule has 164 valence electrons. The van der Waals surface area contributed by atoms with Crippen LogP contribution in [0.1, 0.15) is 29.2 Å². The van der Waals surface area contributed by atoms with E-state index in [1.54, 1.807) is 7.11 Å². The molecule has 0 aliphatic heterocycles. The number of methoxy groups -OCH3 is 1. The third-order valence-electron chi connectivity index (χ3n) is 4.95. The van der Waals surface area contributed by atoms with E-state index in [0.29, 0.717) is 36.3 Å². The molecule has 3 aromatic carbocycles. The Morgan fingerprint density at radius 2 is 1.68 bits per heavy atom. The van der Waals surface area contributed by atoms with Crippen molar-refractivity contribution in [3.05, 3.63) is 87.9 Å². The van der Waals surface area contributed by atoms with Gasteiger partial charge >= 0.3 is 0 Å². The maximum absolute atomic E-state index is 6.55.